The van der Waals surface area contributed by atoms with Crippen molar-refractivity contribution in [3.8, 4) is 0 Å². The topological polar surface area (TPSA) is 154 Å². The first-order valence-electron chi connectivity index (χ1n) is 8.97. The second kappa shape index (κ2) is 9.28. The molecule has 2 heterocycles. The number of hydrogen-bond donors (Lipinski definition) is 3. The highest BCUT2D eigenvalue weighted by molar-refractivity contribution is 6.45. The number of nitrogens with one attached hydrogen (secondary N) is 1. The van der Waals surface area contributed by atoms with Crippen molar-refractivity contribution in [2.24, 2.45) is 16.5 Å². The van der Waals surface area contributed by atoms with Crippen LogP contribution in [0.5, 0.6) is 0 Å². The number of primary amides is 1. The summed E-state index contributed by atoms with van der Waals surface area (Å²) in [4.78, 5) is 44.8. The van der Waals surface area contributed by atoms with E-state index in [1.54, 1.807) is 24.3 Å². The van der Waals surface area contributed by atoms with Crippen LogP contribution in [0, 0.1) is 0 Å². The molecule has 0 saturated heterocycles. The van der Waals surface area contributed by atoms with Crippen molar-refractivity contribution in [1.29, 1.82) is 0 Å². The van der Waals surface area contributed by atoms with Gasteiger partial charge in [0.05, 0.1) is 6.26 Å². The normalized spacial score (nSPS) is 12.7. The van der Waals surface area contributed by atoms with Crippen LogP contribution in [0.3, 0.4) is 0 Å². The van der Waals surface area contributed by atoms with Gasteiger partial charge in [-0.05, 0) is 30.5 Å². The van der Waals surface area contributed by atoms with Crippen LogP contribution in [0.25, 0.3) is 11.0 Å². The minimum atomic E-state index is -1.21. The van der Waals surface area contributed by atoms with Gasteiger partial charge in [-0.1, -0.05) is 24.3 Å². The summed E-state index contributed by atoms with van der Waals surface area (Å²) in [6.07, 6.45) is 5.40. The molecule has 0 aliphatic rings. The number of rotatable bonds is 8. The van der Waals surface area contributed by atoms with Gasteiger partial charge in [0.15, 0.2) is 5.82 Å². The van der Waals surface area contributed by atoms with Crippen LogP contribution in [-0.4, -0.2) is 34.3 Å². The number of nitrogens with zero attached hydrogens (tertiary/aromatic N) is 2. The van der Waals surface area contributed by atoms with Crippen LogP contribution < -0.4 is 16.8 Å². The Morgan fingerprint density at radius 2 is 1.93 bits per heavy atom. The minimum absolute atomic E-state index is 0.00767. The number of carbonyl (C=O) groups excluding carboxylic acids is 3. The molecule has 0 spiro atoms. The number of nitrogens with two attached hydrogens (primary N) is 2. The Morgan fingerprint density at radius 1 is 1.17 bits per heavy atom. The van der Waals surface area contributed by atoms with E-state index in [1.807, 2.05) is 18.2 Å². The van der Waals surface area contributed by atoms with Gasteiger partial charge in [-0.15, -0.1) is 0 Å². The fourth-order valence-electron chi connectivity index (χ4n) is 2.82. The summed E-state index contributed by atoms with van der Waals surface area (Å²) in [5.41, 5.74) is 11.8. The Hall–Kier alpha value is -4.27. The third-order valence-electron chi connectivity index (χ3n) is 4.22. The number of furan rings is 1. The van der Waals surface area contributed by atoms with E-state index < -0.39 is 23.6 Å². The van der Waals surface area contributed by atoms with Gasteiger partial charge in [-0.3, -0.25) is 14.4 Å². The van der Waals surface area contributed by atoms with E-state index in [9.17, 15) is 14.4 Å². The van der Waals surface area contributed by atoms with Crippen molar-refractivity contribution in [3.63, 3.8) is 0 Å². The molecule has 9 nitrogen and oxygen atoms in total. The number of benzene rings is 1. The van der Waals surface area contributed by atoms with Gasteiger partial charge in [0.25, 0.3) is 11.8 Å². The molecule has 2 amide bonds. The summed E-state index contributed by atoms with van der Waals surface area (Å²) in [5.74, 6) is -2.54. The monoisotopic (exact) mass is 405 g/mol. The highest BCUT2D eigenvalue weighted by Crippen LogP contribution is 2.22. The molecule has 3 aromatic rings. The van der Waals surface area contributed by atoms with Crippen LogP contribution in [0.2, 0.25) is 0 Å². The average molecular weight is 405 g/mol. The van der Waals surface area contributed by atoms with E-state index >= 15 is 0 Å². The molecule has 30 heavy (non-hydrogen) atoms. The second-order valence-electron chi connectivity index (χ2n) is 6.26. The smallest absolute Gasteiger partial charge is 0.287 e. The van der Waals surface area contributed by atoms with Crippen LogP contribution in [0.1, 0.15) is 5.56 Å². The van der Waals surface area contributed by atoms with Gasteiger partial charge in [-0.25, -0.2) is 9.98 Å². The zero-order valence-corrected chi connectivity index (χ0v) is 15.8. The molecular weight excluding hydrogens is 386 g/mol. The van der Waals surface area contributed by atoms with E-state index in [0.29, 0.717) is 11.1 Å². The first kappa shape index (κ1) is 20.5. The first-order chi connectivity index (χ1) is 14.5. The lowest BCUT2D eigenvalue weighted by atomic mass is 10.0. The van der Waals surface area contributed by atoms with Gasteiger partial charge in [0, 0.05) is 23.6 Å². The zero-order valence-electron chi connectivity index (χ0n) is 15.8. The van der Waals surface area contributed by atoms with Gasteiger partial charge < -0.3 is 21.2 Å². The lowest BCUT2D eigenvalue weighted by Crippen LogP contribution is -2.49. The Balaban J connectivity index is 1.88. The van der Waals surface area contributed by atoms with E-state index in [0.717, 1.165) is 11.6 Å². The largest absolute Gasteiger partial charge is 0.464 e. The number of Topliss-reactive ketones (excluding diaryl/α,β-unsaturated/α-hetero) is 1. The molecule has 9 heteroatoms. The fourth-order valence-corrected chi connectivity index (χ4v) is 2.82. The van der Waals surface area contributed by atoms with E-state index in [4.69, 9.17) is 15.9 Å². The summed E-state index contributed by atoms with van der Waals surface area (Å²) in [5, 5.41) is 3.27. The number of pyridine rings is 1. The molecule has 2 aromatic heterocycles. The van der Waals surface area contributed by atoms with Crippen molar-refractivity contribution >= 4 is 40.1 Å². The maximum Gasteiger partial charge on any atom is 0.287 e. The molecule has 0 aliphatic carbocycles. The quantitative estimate of drug-likeness (QED) is 0.377. The molecule has 0 radical (unpaired) electrons. The Labute approximate surface area is 171 Å². The van der Waals surface area contributed by atoms with E-state index in [2.05, 4.69) is 15.3 Å². The standard InChI is InChI=1S/C21H19N5O4/c22-9-8-15(25-18-7-3-4-10-24-18)21(29)26-16(19(27)20(23)28)11-13-12-30-17-6-2-1-5-14(13)17/h1-10,12,16H,11,22H2,(H2,23,28)(H,26,29)/b9-8-,25-15-. The molecule has 0 saturated carbocycles. The minimum Gasteiger partial charge on any atom is -0.464 e. The maximum atomic E-state index is 12.8. The second-order valence-corrected chi connectivity index (χ2v) is 6.26. The predicted octanol–water partition coefficient (Wildman–Crippen LogP) is 1.15. The van der Waals surface area contributed by atoms with Gasteiger partial charge in [0.1, 0.15) is 17.3 Å². The molecule has 3 rings (SSSR count). The van der Waals surface area contributed by atoms with E-state index in [-0.39, 0.29) is 18.0 Å². The summed E-state index contributed by atoms with van der Waals surface area (Å²) in [6, 6.07) is 11.0. The number of aromatic nitrogens is 1. The number of fused-ring (bicyclic) bond motifs is 1. The lowest BCUT2D eigenvalue weighted by Gasteiger charge is -2.15. The van der Waals surface area contributed by atoms with Crippen molar-refractivity contribution in [2.75, 3.05) is 0 Å². The Kier molecular flexibility index (Phi) is 6.33. The molecule has 1 atom stereocenters. The van der Waals surface area contributed by atoms with Crippen LogP contribution >= 0.6 is 0 Å². The molecule has 5 N–H and O–H groups in total. The summed E-state index contributed by atoms with van der Waals surface area (Å²) in [6.45, 7) is 0. The van der Waals surface area contributed by atoms with Crippen LogP contribution in [-0.2, 0) is 20.8 Å². The van der Waals surface area contributed by atoms with Gasteiger partial charge in [0.2, 0.25) is 5.78 Å². The molecule has 0 bridgehead atoms. The van der Waals surface area contributed by atoms with Crippen LogP contribution in [0.15, 0.2) is 76.6 Å². The van der Waals surface area contributed by atoms with Crippen molar-refractivity contribution in [2.45, 2.75) is 12.5 Å². The summed E-state index contributed by atoms with van der Waals surface area (Å²) in [7, 11) is 0. The van der Waals surface area contributed by atoms with Crippen molar-refractivity contribution < 1.29 is 18.8 Å². The maximum absolute atomic E-state index is 12.8. The Morgan fingerprint density at radius 3 is 2.63 bits per heavy atom. The highest BCUT2D eigenvalue weighted by atomic mass is 16.3. The van der Waals surface area contributed by atoms with Gasteiger partial charge in [-0.2, -0.15) is 0 Å². The molecule has 152 valence electrons. The number of ketones is 1. The molecule has 0 fully saturated rings. The Bertz CT molecular complexity index is 1130. The number of hydrogen-bond acceptors (Lipinski definition) is 7. The SMILES string of the molecule is N/C=C\C(=N\c1ccccn1)C(=O)NC(Cc1coc2ccccc12)C(=O)C(N)=O. The van der Waals surface area contributed by atoms with E-state index in [1.165, 1.54) is 18.5 Å². The van der Waals surface area contributed by atoms with Crippen molar-refractivity contribution in [1.82, 2.24) is 10.3 Å². The molecule has 1 unspecified atom stereocenters. The third kappa shape index (κ3) is 4.76. The van der Waals surface area contributed by atoms with Gasteiger partial charge >= 0.3 is 0 Å². The molecular formula is C21H19N5O4. The lowest BCUT2D eigenvalue weighted by molar-refractivity contribution is -0.137. The van der Waals surface area contributed by atoms with Crippen LogP contribution in [0.4, 0.5) is 5.82 Å². The first-order valence-corrected chi connectivity index (χ1v) is 8.97. The summed E-state index contributed by atoms with van der Waals surface area (Å²) < 4.78 is 5.46. The zero-order chi connectivity index (χ0) is 21.5. The number of carbonyl (C=O) groups is 3. The molecule has 1 aromatic carbocycles. The highest BCUT2D eigenvalue weighted by Gasteiger charge is 2.27. The number of aliphatic imine (C=N–C) groups is 1. The average Bonchev–Trinajstić information content (AvgIpc) is 3.16. The third-order valence-corrected chi connectivity index (χ3v) is 4.22. The number of para-hydroxylation sites is 1. The van der Waals surface area contributed by atoms with Crippen molar-refractivity contribution in [3.05, 3.63) is 72.8 Å². The fraction of sp³-hybridized carbons (Fsp3) is 0.0952. The predicted molar refractivity (Wildman–Crippen MR) is 111 cm³/mol. The number of amides is 2. The summed E-state index contributed by atoms with van der Waals surface area (Å²) >= 11 is 0. The molecule has 0 aliphatic heterocycles.